The van der Waals surface area contributed by atoms with Gasteiger partial charge in [-0.25, -0.2) is 0 Å². The highest BCUT2D eigenvalue weighted by atomic mass is 14.2. The molecule has 0 saturated carbocycles. The van der Waals surface area contributed by atoms with Crippen molar-refractivity contribution >= 4 is 0 Å². The van der Waals surface area contributed by atoms with Crippen LogP contribution in [0.25, 0.3) is 0 Å². The fourth-order valence-corrected chi connectivity index (χ4v) is 3.74. The smallest absolute Gasteiger partial charge is 0.0414 e. The first kappa shape index (κ1) is 24.0. The van der Waals surface area contributed by atoms with Crippen LogP contribution in [0.1, 0.15) is 131 Å². The molecule has 0 heteroatoms. The molecule has 0 fully saturated rings. The van der Waals surface area contributed by atoms with Gasteiger partial charge in [0.25, 0.3) is 0 Å². The van der Waals surface area contributed by atoms with Crippen molar-refractivity contribution in [2.45, 2.75) is 131 Å². The van der Waals surface area contributed by atoms with Crippen LogP contribution in [0.5, 0.6) is 0 Å². The SMILES string of the molecule is CC(C)CCCCCC(CCCCCC(C)C)CCCCC(C)C. The van der Waals surface area contributed by atoms with Crippen molar-refractivity contribution in [3.8, 4) is 0 Å². The summed E-state index contributed by atoms with van der Waals surface area (Å²) < 4.78 is 0. The second-order valence-corrected chi connectivity index (χ2v) is 9.61. The van der Waals surface area contributed by atoms with Crippen molar-refractivity contribution in [2.75, 3.05) is 0 Å². The van der Waals surface area contributed by atoms with E-state index in [9.17, 15) is 0 Å². The Balaban J connectivity index is 3.86. The molecule has 146 valence electrons. The van der Waals surface area contributed by atoms with Crippen LogP contribution in [0.4, 0.5) is 0 Å². The van der Waals surface area contributed by atoms with Crippen LogP contribution >= 0.6 is 0 Å². The maximum absolute atomic E-state index is 2.36. The molecular formula is C24H50. The van der Waals surface area contributed by atoms with Gasteiger partial charge >= 0.3 is 0 Å². The molecule has 0 aromatic carbocycles. The quantitative estimate of drug-likeness (QED) is 0.232. The lowest BCUT2D eigenvalue weighted by molar-refractivity contribution is 0.358. The van der Waals surface area contributed by atoms with Crippen molar-refractivity contribution in [2.24, 2.45) is 23.7 Å². The van der Waals surface area contributed by atoms with Crippen LogP contribution < -0.4 is 0 Å². The van der Waals surface area contributed by atoms with Gasteiger partial charge in [0.15, 0.2) is 0 Å². The van der Waals surface area contributed by atoms with E-state index < -0.39 is 0 Å². The van der Waals surface area contributed by atoms with Crippen LogP contribution in [0.2, 0.25) is 0 Å². The highest BCUT2D eigenvalue weighted by molar-refractivity contribution is 4.62. The molecule has 0 heterocycles. The monoisotopic (exact) mass is 338 g/mol. The van der Waals surface area contributed by atoms with E-state index in [2.05, 4.69) is 41.5 Å². The van der Waals surface area contributed by atoms with E-state index in [1.54, 1.807) is 0 Å². The average molecular weight is 339 g/mol. The number of hydrogen-bond acceptors (Lipinski definition) is 0. The summed E-state index contributed by atoms with van der Waals surface area (Å²) in [4.78, 5) is 0. The highest BCUT2D eigenvalue weighted by Gasteiger charge is 2.09. The second kappa shape index (κ2) is 16.5. The molecule has 0 atom stereocenters. The van der Waals surface area contributed by atoms with E-state index in [4.69, 9.17) is 0 Å². The molecule has 0 aliphatic heterocycles. The molecule has 0 bridgehead atoms. The first-order valence-electron chi connectivity index (χ1n) is 11.4. The third-order valence-corrected chi connectivity index (χ3v) is 5.43. The first-order valence-corrected chi connectivity index (χ1v) is 11.4. The molecule has 0 saturated heterocycles. The van der Waals surface area contributed by atoms with E-state index in [0.717, 1.165) is 23.7 Å². The predicted octanol–water partition coefficient (Wildman–Crippen LogP) is 9.03. The van der Waals surface area contributed by atoms with Crippen LogP contribution in [0.3, 0.4) is 0 Å². The molecular weight excluding hydrogens is 288 g/mol. The topological polar surface area (TPSA) is 0 Å². The lowest BCUT2D eigenvalue weighted by atomic mass is 9.89. The first-order chi connectivity index (χ1) is 11.4. The minimum atomic E-state index is 0.885. The van der Waals surface area contributed by atoms with Gasteiger partial charge in [-0.1, -0.05) is 131 Å². The van der Waals surface area contributed by atoms with Crippen molar-refractivity contribution in [1.82, 2.24) is 0 Å². The maximum Gasteiger partial charge on any atom is -0.0414 e. The molecule has 0 rings (SSSR count). The van der Waals surface area contributed by atoms with Crippen LogP contribution in [0, 0.1) is 23.7 Å². The summed E-state index contributed by atoms with van der Waals surface area (Å²) in [5.41, 5.74) is 0. The molecule has 0 aromatic rings. The van der Waals surface area contributed by atoms with Gasteiger partial charge in [0, 0.05) is 0 Å². The summed E-state index contributed by atoms with van der Waals surface area (Å²) >= 11 is 0. The third kappa shape index (κ3) is 18.3. The molecule has 0 unspecified atom stereocenters. The molecule has 0 amide bonds. The summed E-state index contributed by atoms with van der Waals surface area (Å²) in [6.45, 7) is 14.1. The molecule has 0 radical (unpaired) electrons. The van der Waals surface area contributed by atoms with Crippen molar-refractivity contribution in [3.63, 3.8) is 0 Å². The van der Waals surface area contributed by atoms with Gasteiger partial charge in [-0.3, -0.25) is 0 Å². The lowest BCUT2D eigenvalue weighted by Crippen LogP contribution is -2.02. The summed E-state index contributed by atoms with van der Waals surface area (Å²) in [5, 5.41) is 0. The zero-order valence-corrected chi connectivity index (χ0v) is 18.2. The fourth-order valence-electron chi connectivity index (χ4n) is 3.74. The number of hydrogen-bond donors (Lipinski definition) is 0. The Hall–Kier alpha value is 0. The Bertz CT molecular complexity index is 220. The minimum Gasteiger partial charge on any atom is -0.0628 e. The van der Waals surface area contributed by atoms with Gasteiger partial charge in [0.1, 0.15) is 0 Å². The maximum atomic E-state index is 2.36. The largest absolute Gasteiger partial charge is 0.0628 e. The predicted molar refractivity (Wildman–Crippen MR) is 113 cm³/mol. The summed E-state index contributed by atoms with van der Waals surface area (Å²) in [7, 11) is 0. The van der Waals surface area contributed by atoms with E-state index in [1.165, 1.54) is 89.9 Å². The van der Waals surface area contributed by atoms with Crippen molar-refractivity contribution in [3.05, 3.63) is 0 Å². The lowest BCUT2D eigenvalue weighted by Gasteiger charge is -2.17. The molecule has 0 aliphatic carbocycles. The molecule has 0 aromatic heterocycles. The standard InChI is InChI=1S/C24H50/c1-21(2)15-9-7-11-18-24(20-14-13-17-23(5)6)19-12-8-10-16-22(3)4/h21-24H,7-20H2,1-6H3. The fraction of sp³-hybridized carbons (Fsp3) is 1.00. The van der Waals surface area contributed by atoms with E-state index in [-0.39, 0.29) is 0 Å². The molecule has 0 aliphatic rings. The van der Waals surface area contributed by atoms with Gasteiger partial charge in [-0.05, 0) is 23.7 Å². The summed E-state index contributed by atoms with van der Waals surface area (Å²) in [6, 6.07) is 0. The average Bonchev–Trinajstić information content (AvgIpc) is 2.49. The second-order valence-electron chi connectivity index (χ2n) is 9.61. The molecule has 0 N–H and O–H groups in total. The zero-order valence-electron chi connectivity index (χ0n) is 18.2. The normalized spacial score (nSPS) is 12.2. The Labute approximate surface area is 155 Å². The van der Waals surface area contributed by atoms with Gasteiger partial charge in [0.2, 0.25) is 0 Å². The third-order valence-electron chi connectivity index (χ3n) is 5.43. The molecule has 0 spiro atoms. The molecule has 0 nitrogen and oxygen atoms in total. The van der Waals surface area contributed by atoms with Crippen LogP contribution in [0.15, 0.2) is 0 Å². The minimum absolute atomic E-state index is 0.885. The van der Waals surface area contributed by atoms with Crippen LogP contribution in [-0.4, -0.2) is 0 Å². The van der Waals surface area contributed by atoms with Gasteiger partial charge in [-0.15, -0.1) is 0 Å². The summed E-state index contributed by atoms with van der Waals surface area (Å²) in [5.74, 6) is 3.68. The van der Waals surface area contributed by atoms with E-state index in [0.29, 0.717) is 0 Å². The van der Waals surface area contributed by atoms with Crippen molar-refractivity contribution < 1.29 is 0 Å². The molecule has 24 heavy (non-hydrogen) atoms. The Morgan fingerprint density at radius 2 is 0.583 bits per heavy atom. The van der Waals surface area contributed by atoms with Gasteiger partial charge in [-0.2, -0.15) is 0 Å². The van der Waals surface area contributed by atoms with Crippen molar-refractivity contribution in [1.29, 1.82) is 0 Å². The number of unbranched alkanes of at least 4 members (excludes halogenated alkanes) is 5. The Kier molecular flexibility index (Phi) is 16.5. The van der Waals surface area contributed by atoms with E-state index >= 15 is 0 Å². The van der Waals surface area contributed by atoms with Gasteiger partial charge < -0.3 is 0 Å². The summed E-state index contributed by atoms with van der Waals surface area (Å²) in [6.07, 6.45) is 20.5. The Morgan fingerprint density at radius 1 is 0.333 bits per heavy atom. The number of rotatable bonds is 17. The van der Waals surface area contributed by atoms with Crippen LogP contribution in [-0.2, 0) is 0 Å². The highest BCUT2D eigenvalue weighted by Crippen LogP contribution is 2.25. The Morgan fingerprint density at radius 3 is 0.917 bits per heavy atom. The van der Waals surface area contributed by atoms with E-state index in [1.807, 2.05) is 0 Å². The zero-order chi connectivity index (χ0) is 18.2. The van der Waals surface area contributed by atoms with Gasteiger partial charge in [0.05, 0.1) is 0 Å².